The zero-order valence-electron chi connectivity index (χ0n) is 14.6. The topological polar surface area (TPSA) is 68.2 Å². The normalized spacial score (nSPS) is 11.5. The summed E-state index contributed by atoms with van der Waals surface area (Å²) < 4.78 is 28.2. The van der Waals surface area contributed by atoms with Gasteiger partial charge in [0.25, 0.3) is 0 Å². The van der Waals surface area contributed by atoms with Crippen molar-refractivity contribution in [2.45, 2.75) is 56.9 Å². The number of anilines is 1. The lowest BCUT2D eigenvalue weighted by atomic mass is 10.3. The molecule has 0 saturated heterocycles. The van der Waals surface area contributed by atoms with Crippen molar-refractivity contribution in [1.82, 2.24) is 4.57 Å². The summed E-state index contributed by atoms with van der Waals surface area (Å²) in [4.78, 5) is 12.4. The second-order valence-electron chi connectivity index (χ2n) is 5.76. The molecule has 1 aromatic carbocycles. The van der Waals surface area contributed by atoms with E-state index in [1.54, 1.807) is 44.2 Å². The van der Waals surface area contributed by atoms with E-state index in [-0.39, 0.29) is 15.7 Å². The Morgan fingerprint density at radius 2 is 1.75 bits per heavy atom. The molecule has 24 heavy (non-hydrogen) atoms. The van der Waals surface area contributed by atoms with E-state index in [1.165, 1.54) is 0 Å². The molecule has 0 unspecified atom stereocenters. The van der Waals surface area contributed by atoms with Gasteiger partial charge in [0, 0.05) is 18.7 Å². The number of hydrogen-bond acceptors (Lipinski definition) is 3. The lowest BCUT2D eigenvalue weighted by molar-refractivity contribution is -0.115. The lowest BCUT2D eigenvalue weighted by Gasteiger charge is -2.13. The molecule has 5 nitrogen and oxygen atoms in total. The predicted octanol–water partition coefficient (Wildman–Crippen LogP) is 3.70. The first-order valence-corrected chi connectivity index (χ1v) is 9.62. The molecule has 2 aromatic rings. The molecule has 1 N–H and O–H groups in total. The number of aromatic nitrogens is 1. The van der Waals surface area contributed by atoms with Crippen LogP contribution in [-0.4, -0.2) is 18.9 Å². The molecule has 0 atom stereocenters. The highest BCUT2D eigenvalue weighted by molar-refractivity contribution is 7.91. The Morgan fingerprint density at radius 1 is 1.12 bits per heavy atom. The standard InChI is InChI=1S/C18H24N2O3S/c1-5-12-20-14(4)13(3)17(18(20)19-16(21)6-2)24(22,23)15-10-8-7-9-11-15/h7-11H,5-6,12H2,1-4H3,(H,19,21). The third-order valence-electron chi connectivity index (χ3n) is 4.12. The number of sulfone groups is 1. The van der Waals surface area contributed by atoms with Crippen LogP contribution in [-0.2, 0) is 21.2 Å². The number of carbonyl (C=O) groups excluding carboxylic acids is 1. The highest BCUT2D eigenvalue weighted by Gasteiger charge is 2.29. The van der Waals surface area contributed by atoms with Crippen LogP contribution in [0.4, 0.5) is 5.82 Å². The van der Waals surface area contributed by atoms with Crippen LogP contribution in [0.2, 0.25) is 0 Å². The Hall–Kier alpha value is -2.08. The van der Waals surface area contributed by atoms with Gasteiger partial charge in [0.05, 0.1) is 4.90 Å². The maximum absolute atomic E-state index is 13.2. The smallest absolute Gasteiger partial charge is 0.225 e. The first kappa shape index (κ1) is 18.3. The van der Waals surface area contributed by atoms with Gasteiger partial charge in [-0.15, -0.1) is 0 Å². The third-order valence-corrected chi connectivity index (χ3v) is 6.05. The van der Waals surface area contributed by atoms with Crippen molar-refractivity contribution >= 4 is 21.6 Å². The van der Waals surface area contributed by atoms with Crippen LogP contribution in [0.3, 0.4) is 0 Å². The van der Waals surface area contributed by atoms with Gasteiger partial charge < -0.3 is 9.88 Å². The second-order valence-corrected chi connectivity index (χ2v) is 7.64. The van der Waals surface area contributed by atoms with E-state index in [2.05, 4.69) is 5.32 Å². The number of carbonyl (C=O) groups is 1. The summed E-state index contributed by atoms with van der Waals surface area (Å²) >= 11 is 0. The minimum absolute atomic E-state index is 0.196. The van der Waals surface area contributed by atoms with Gasteiger partial charge in [0.2, 0.25) is 15.7 Å². The fraction of sp³-hybridized carbons (Fsp3) is 0.389. The number of benzene rings is 1. The van der Waals surface area contributed by atoms with Gasteiger partial charge in [-0.05, 0) is 38.0 Å². The molecule has 1 amide bonds. The number of nitrogens with one attached hydrogen (secondary N) is 1. The Balaban J connectivity index is 2.73. The molecule has 0 aliphatic rings. The number of amides is 1. The fourth-order valence-corrected chi connectivity index (χ4v) is 4.45. The molecule has 0 radical (unpaired) electrons. The van der Waals surface area contributed by atoms with Gasteiger partial charge in [-0.3, -0.25) is 4.79 Å². The maximum Gasteiger partial charge on any atom is 0.225 e. The number of rotatable bonds is 6. The van der Waals surface area contributed by atoms with Crippen LogP contribution in [0.1, 0.15) is 37.9 Å². The van der Waals surface area contributed by atoms with Crippen molar-refractivity contribution in [1.29, 1.82) is 0 Å². The van der Waals surface area contributed by atoms with Gasteiger partial charge in [0.15, 0.2) is 0 Å². The molecule has 6 heteroatoms. The van der Waals surface area contributed by atoms with Crippen molar-refractivity contribution in [3.8, 4) is 0 Å². The first-order chi connectivity index (χ1) is 11.3. The summed E-state index contributed by atoms with van der Waals surface area (Å²) in [5.41, 5.74) is 1.54. The summed E-state index contributed by atoms with van der Waals surface area (Å²) in [5.74, 6) is 0.178. The molecule has 2 rings (SSSR count). The molecule has 0 fully saturated rings. The van der Waals surface area contributed by atoms with E-state index < -0.39 is 9.84 Å². The molecule has 0 aliphatic heterocycles. The van der Waals surface area contributed by atoms with E-state index in [0.717, 1.165) is 12.1 Å². The first-order valence-electron chi connectivity index (χ1n) is 8.14. The monoisotopic (exact) mass is 348 g/mol. The number of nitrogens with zero attached hydrogens (tertiary/aromatic N) is 1. The molecule has 0 spiro atoms. The van der Waals surface area contributed by atoms with E-state index in [1.807, 2.05) is 18.4 Å². The quantitative estimate of drug-likeness (QED) is 0.865. The summed E-state index contributed by atoms with van der Waals surface area (Å²) in [6.07, 6.45) is 1.13. The van der Waals surface area contributed by atoms with Crippen molar-refractivity contribution in [2.75, 3.05) is 5.32 Å². The van der Waals surface area contributed by atoms with Crippen LogP contribution in [0.25, 0.3) is 0 Å². The van der Waals surface area contributed by atoms with Crippen molar-refractivity contribution in [3.63, 3.8) is 0 Å². The molecule has 130 valence electrons. The molecule has 1 heterocycles. The van der Waals surface area contributed by atoms with Crippen LogP contribution in [0, 0.1) is 13.8 Å². The minimum Gasteiger partial charge on any atom is -0.331 e. The summed E-state index contributed by atoms with van der Waals surface area (Å²) in [7, 11) is -3.71. The van der Waals surface area contributed by atoms with E-state index in [9.17, 15) is 13.2 Å². The highest BCUT2D eigenvalue weighted by atomic mass is 32.2. The Morgan fingerprint density at radius 3 is 2.29 bits per heavy atom. The molecule has 0 bridgehead atoms. The van der Waals surface area contributed by atoms with Crippen molar-refractivity contribution in [3.05, 3.63) is 41.6 Å². The Kier molecular flexibility index (Phi) is 5.49. The van der Waals surface area contributed by atoms with E-state index in [4.69, 9.17) is 0 Å². The maximum atomic E-state index is 13.2. The van der Waals surface area contributed by atoms with Crippen LogP contribution < -0.4 is 5.32 Å². The second kappa shape index (κ2) is 7.21. The average Bonchev–Trinajstić information content (AvgIpc) is 2.81. The van der Waals surface area contributed by atoms with Crippen molar-refractivity contribution < 1.29 is 13.2 Å². The largest absolute Gasteiger partial charge is 0.331 e. The van der Waals surface area contributed by atoms with Crippen LogP contribution in [0.5, 0.6) is 0 Å². The molecule has 1 aromatic heterocycles. The van der Waals surface area contributed by atoms with E-state index >= 15 is 0 Å². The lowest BCUT2D eigenvalue weighted by Crippen LogP contribution is -2.17. The van der Waals surface area contributed by atoms with Gasteiger partial charge in [-0.1, -0.05) is 32.0 Å². The average molecular weight is 348 g/mol. The zero-order valence-corrected chi connectivity index (χ0v) is 15.4. The summed E-state index contributed by atoms with van der Waals surface area (Å²) in [6.45, 7) is 8.09. The summed E-state index contributed by atoms with van der Waals surface area (Å²) in [6, 6.07) is 8.32. The van der Waals surface area contributed by atoms with Gasteiger partial charge in [-0.25, -0.2) is 8.42 Å². The molecular formula is C18H24N2O3S. The van der Waals surface area contributed by atoms with Gasteiger partial charge in [-0.2, -0.15) is 0 Å². The fourth-order valence-electron chi connectivity index (χ4n) is 2.73. The SMILES string of the molecule is CCCn1c(C)c(C)c(S(=O)(=O)c2ccccc2)c1NC(=O)CC. The Labute approximate surface area is 143 Å². The molecule has 0 saturated carbocycles. The summed E-state index contributed by atoms with van der Waals surface area (Å²) in [5, 5.41) is 2.80. The van der Waals surface area contributed by atoms with E-state index in [0.29, 0.717) is 24.3 Å². The predicted molar refractivity (Wildman–Crippen MR) is 95.0 cm³/mol. The van der Waals surface area contributed by atoms with Gasteiger partial charge in [0.1, 0.15) is 10.7 Å². The Bertz CT molecular complexity index is 837. The van der Waals surface area contributed by atoms with Crippen LogP contribution >= 0.6 is 0 Å². The highest BCUT2D eigenvalue weighted by Crippen LogP contribution is 2.35. The number of hydrogen-bond donors (Lipinski definition) is 1. The van der Waals surface area contributed by atoms with Gasteiger partial charge >= 0.3 is 0 Å². The molecular weight excluding hydrogens is 324 g/mol. The minimum atomic E-state index is -3.71. The molecule has 0 aliphatic carbocycles. The van der Waals surface area contributed by atoms with Crippen molar-refractivity contribution in [2.24, 2.45) is 0 Å². The zero-order chi connectivity index (χ0) is 17.9. The van der Waals surface area contributed by atoms with Crippen LogP contribution in [0.15, 0.2) is 40.1 Å². The third kappa shape index (κ3) is 3.24.